The zero-order valence-corrected chi connectivity index (χ0v) is 17.7. The van der Waals surface area contributed by atoms with Crippen LogP contribution < -0.4 is 10.5 Å². The minimum Gasteiger partial charge on any atom is -0.504 e. The van der Waals surface area contributed by atoms with Crippen molar-refractivity contribution in [3.63, 3.8) is 0 Å². The molecule has 140 valence electrons. The van der Waals surface area contributed by atoms with Crippen molar-refractivity contribution in [3.8, 4) is 23.6 Å². The summed E-state index contributed by atoms with van der Waals surface area (Å²) in [5, 5.41) is 29.3. The molecular weight excluding hydrogens is 467 g/mol. The van der Waals surface area contributed by atoms with Crippen molar-refractivity contribution in [2.75, 3.05) is 12.3 Å². The first-order valence-electron chi connectivity index (χ1n) is 8.53. The molecule has 1 aliphatic rings. The van der Waals surface area contributed by atoms with E-state index in [1.807, 2.05) is 55.5 Å². The van der Waals surface area contributed by atoms with Crippen LogP contribution in [0, 0.1) is 33.2 Å². The molecule has 1 aromatic carbocycles. The van der Waals surface area contributed by atoms with Crippen LogP contribution >= 0.6 is 22.6 Å². The maximum atomic E-state index is 10.2. The third-order valence-corrected chi connectivity index (χ3v) is 5.47. The second-order valence-corrected chi connectivity index (χ2v) is 7.45. The van der Waals surface area contributed by atoms with Gasteiger partial charge in [0.1, 0.15) is 18.0 Å². The third kappa shape index (κ3) is 3.08. The van der Waals surface area contributed by atoms with Crippen molar-refractivity contribution in [2.24, 2.45) is 0 Å². The van der Waals surface area contributed by atoms with Crippen LogP contribution in [0.4, 0.5) is 5.82 Å². The number of aromatic nitrogens is 1. The number of hydrogen-bond acceptors (Lipinski definition) is 6. The van der Waals surface area contributed by atoms with Crippen LogP contribution in [0.2, 0.25) is 0 Å². The van der Waals surface area contributed by atoms with E-state index in [0.717, 1.165) is 22.3 Å². The molecule has 2 aromatic rings. The molecular formula is C21H17IN4O2. The van der Waals surface area contributed by atoms with Crippen LogP contribution in [0.5, 0.6) is 11.5 Å². The number of nitrogens with two attached hydrogens (primary N) is 1. The summed E-state index contributed by atoms with van der Waals surface area (Å²) in [5.41, 5.74) is 11.0. The van der Waals surface area contributed by atoms with E-state index in [-0.39, 0.29) is 11.6 Å². The number of ether oxygens (including phenoxy) is 1. The van der Waals surface area contributed by atoms with Crippen LogP contribution in [0.1, 0.15) is 41.8 Å². The van der Waals surface area contributed by atoms with Crippen LogP contribution in [0.15, 0.2) is 17.7 Å². The number of hydrogen-bond donors (Lipinski definition) is 2. The Kier molecular flexibility index (Phi) is 5.30. The largest absolute Gasteiger partial charge is 0.504 e. The number of rotatable bonds is 3. The van der Waals surface area contributed by atoms with E-state index in [1.54, 1.807) is 6.07 Å². The zero-order valence-electron chi connectivity index (χ0n) is 15.6. The van der Waals surface area contributed by atoms with E-state index in [1.165, 1.54) is 0 Å². The molecule has 7 heteroatoms. The molecule has 0 aliphatic heterocycles. The molecule has 1 aromatic heterocycles. The van der Waals surface area contributed by atoms with Crippen molar-refractivity contribution in [3.05, 3.63) is 49.2 Å². The second kappa shape index (κ2) is 7.53. The molecule has 0 atom stereocenters. The predicted octanol–water partition coefficient (Wildman–Crippen LogP) is 4.40. The molecule has 0 bridgehead atoms. The van der Waals surface area contributed by atoms with Crippen LogP contribution in [0.25, 0.3) is 17.2 Å². The number of nitrogens with zero attached hydrogens (tertiary/aromatic N) is 3. The highest BCUT2D eigenvalue weighted by atomic mass is 127. The number of phenolic OH excluding ortho intramolecular Hbond substituents is 1. The first-order chi connectivity index (χ1) is 13.3. The summed E-state index contributed by atoms with van der Waals surface area (Å²) in [6.45, 7) is 5.93. The molecule has 0 saturated heterocycles. The lowest BCUT2D eigenvalue weighted by atomic mass is 9.95. The van der Waals surface area contributed by atoms with Crippen molar-refractivity contribution in [2.45, 2.75) is 20.8 Å². The average molecular weight is 484 g/mol. The van der Waals surface area contributed by atoms with Gasteiger partial charge in [-0.25, -0.2) is 4.98 Å². The van der Waals surface area contributed by atoms with Crippen molar-refractivity contribution >= 4 is 45.6 Å². The summed E-state index contributed by atoms with van der Waals surface area (Å²) in [6, 6.07) is 7.87. The highest BCUT2D eigenvalue weighted by Crippen LogP contribution is 2.44. The number of nitrogen functional groups attached to an aromatic ring is 1. The summed E-state index contributed by atoms with van der Waals surface area (Å²) in [6.07, 6.45) is 1.91. The van der Waals surface area contributed by atoms with Gasteiger partial charge in [-0.2, -0.15) is 10.5 Å². The van der Waals surface area contributed by atoms with Gasteiger partial charge in [-0.1, -0.05) is 0 Å². The SMILES string of the molecule is CCOc1cc(C=C2C(C)=C(C#N)c3nc(N)c(C#N)c(C)c32)cc(I)c1O. The topological polar surface area (TPSA) is 116 Å². The fraction of sp³-hybridized carbons (Fsp3) is 0.190. The van der Waals surface area contributed by atoms with Gasteiger partial charge in [0.25, 0.3) is 0 Å². The number of nitriles is 2. The maximum absolute atomic E-state index is 10.2. The quantitative estimate of drug-likeness (QED) is 0.624. The van der Waals surface area contributed by atoms with Gasteiger partial charge < -0.3 is 15.6 Å². The summed E-state index contributed by atoms with van der Waals surface area (Å²) < 4.78 is 6.17. The smallest absolute Gasteiger partial charge is 0.171 e. The molecule has 0 radical (unpaired) electrons. The molecule has 28 heavy (non-hydrogen) atoms. The summed E-state index contributed by atoms with van der Waals surface area (Å²) in [7, 11) is 0. The molecule has 0 spiro atoms. The lowest BCUT2D eigenvalue weighted by molar-refractivity contribution is 0.317. The number of halogens is 1. The fourth-order valence-corrected chi connectivity index (χ4v) is 3.93. The van der Waals surface area contributed by atoms with Gasteiger partial charge in [-0.15, -0.1) is 0 Å². The Morgan fingerprint density at radius 2 is 2.00 bits per heavy atom. The van der Waals surface area contributed by atoms with Crippen molar-refractivity contribution in [1.82, 2.24) is 4.98 Å². The molecule has 0 unspecified atom stereocenters. The third-order valence-electron chi connectivity index (χ3n) is 4.65. The molecule has 3 N–H and O–H groups in total. The molecule has 0 saturated carbocycles. The van der Waals surface area contributed by atoms with Gasteiger partial charge in [0.2, 0.25) is 0 Å². The van der Waals surface area contributed by atoms with Crippen molar-refractivity contribution < 1.29 is 9.84 Å². The lowest BCUT2D eigenvalue weighted by Crippen LogP contribution is -2.03. The van der Waals surface area contributed by atoms with Gasteiger partial charge in [0.05, 0.1) is 27.0 Å². The Morgan fingerprint density at radius 1 is 1.29 bits per heavy atom. The Bertz CT molecular complexity index is 1150. The first kappa shape index (κ1) is 19.7. The van der Waals surface area contributed by atoms with E-state index in [4.69, 9.17) is 10.5 Å². The maximum Gasteiger partial charge on any atom is 0.171 e. The summed E-state index contributed by atoms with van der Waals surface area (Å²) in [4.78, 5) is 4.33. The fourth-order valence-electron chi connectivity index (χ4n) is 3.30. The minimum atomic E-state index is 0.0961. The van der Waals surface area contributed by atoms with Gasteiger partial charge >= 0.3 is 0 Å². The highest BCUT2D eigenvalue weighted by Gasteiger charge is 2.29. The van der Waals surface area contributed by atoms with E-state index < -0.39 is 0 Å². The number of benzene rings is 1. The monoisotopic (exact) mass is 484 g/mol. The lowest BCUT2D eigenvalue weighted by Gasteiger charge is -2.12. The van der Waals surface area contributed by atoms with E-state index >= 15 is 0 Å². The minimum absolute atomic E-state index is 0.0961. The normalized spacial score (nSPS) is 14.0. The van der Waals surface area contributed by atoms with Crippen molar-refractivity contribution in [1.29, 1.82) is 10.5 Å². The number of aromatic hydroxyl groups is 1. The molecule has 0 amide bonds. The molecule has 6 nitrogen and oxygen atoms in total. The average Bonchev–Trinajstić information content (AvgIpc) is 2.91. The second-order valence-electron chi connectivity index (χ2n) is 6.28. The summed E-state index contributed by atoms with van der Waals surface area (Å²) >= 11 is 2.05. The number of allylic oxidation sites excluding steroid dienone is 3. The molecule has 1 aliphatic carbocycles. The van der Waals surface area contributed by atoms with Gasteiger partial charge in [0.15, 0.2) is 11.5 Å². The molecule has 3 rings (SSSR count). The van der Waals surface area contributed by atoms with E-state index in [0.29, 0.717) is 38.3 Å². The number of anilines is 1. The van der Waals surface area contributed by atoms with Gasteiger partial charge in [0, 0.05) is 5.56 Å². The standard InChI is InChI=1S/C21H17IN4O2/c1-4-28-17-7-12(6-16(22)20(17)27)5-13-10(2)14(8-23)19-18(13)11(3)15(9-24)21(25)26-19/h5-7,27H,4H2,1-3H3,(H2,25,26). The van der Waals surface area contributed by atoms with Crippen LogP contribution in [-0.2, 0) is 0 Å². The van der Waals surface area contributed by atoms with Gasteiger partial charge in [-0.3, -0.25) is 0 Å². The first-order valence-corrected chi connectivity index (χ1v) is 9.61. The van der Waals surface area contributed by atoms with E-state index in [9.17, 15) is 15.6 Å². The van der Waals surface area contributed by atoms with E-state index in [2.05, 4.69) is 17.1 Å². The number of fused-ring (bicyclic) bond motifs is 1. The number of phenols is 1. The van der Waals surface area contributed by atoms with Gasteiger partial charge in [-0.05, 0) is 83.8 Å². The zero-order chi connectivity index (χ0) is 20.6. The van der Waals surface area contributed by atoms with Crippen LogP contribution in [0.3, 0.4) is 0 Å². The predicted molar refractivity (Wildman–Crippen MR) is 116 cm³/mol. The van der Waals surface area contributed by atoms with Crippen LogP contribution in [-0.4, -0.2) is 16.7 Å². The number of pyridine rings is 1. The Balaban J connectivity index is 2.29. The Labute approximate surface area is 176 Å². The Morgan fingerprint density at radius 3 is 2.61 bits per heavy atom. The molecule has 1 heterocycles. The Hall–Kier alpha value is -3.04. The summed E-state index contributed by atoms with van der Waals surface area (Å²) in [5.74, 6) is 0.614. The molecule has 0 fully saturated rings. The highest BCUT2D eigenvalue weighted by molar-refractivity contribution is 14.1.